The minimum Gasteiger partial charge on any atom is -0.363 e. The fourth-order valence-corrected chi connectivity index (χ4v) is 2.38. The van der Waals surface area contributed by atoms with E-state index in [0.717, 1.165) is 0 Å². The molecule has 0 aliphatic rings. The van der Waals surface area contributed by atoms with Crippen LogP contribution in [-0.2, 0) is 16.0 Å². The van der Waals surface area contributed by atoms with Crippen LogP contribution in [0.3, 0.4) is 0 Å². The topological polar surface area (TPSA) is 149 Å². The van der Waals surface area contributed by atoms with Crippen molar-refractivity contribution in [2.24, 2.45) is 5.73 Å². The molecule has 132 valence electrons. The maximum absolute atomic E-state index is 12.6. The first kappa shape index (κ1) is 17.0. The second-order valence-corrected chi connectivity index (χ2v) is 5.40. The summed E-state index contributed by atoms with van der Waals surface area (Å²) in [7, 11) is 0. The number of nitrogens with one attached hydrogen (secondary N) is 2. The number of primary amides is 1. The van der Waals surface area contributed by atoms with Gasteiger partial charge in [-0.25, -0.2) is 9.97 Å². The summed E-state index contributed by atoms with van der Waals surface area (Å²) in [6, 6.07) is 4.09. The Labute approximate surface area is 147 Å². The smallest absolute Gasteiger partial charge is 0.287 e. The Kier molecular flexibility index (Phi) is 4.83. The van der Waals surface area contributed by atoms with Crippen molar-refractivity contribution in [2.75, 3.05) is 0 Å². The molecule has 0 radical (unpaired) electrons. The van der Waals surface area contributed by atoms with Gasteiger partial charge in [-0.1, -0.05) is 6.07 Å². The van der Waals surface area contributed by atoms with E-state index in [9.17, 15) is 14.4 Å². The predicted octanol–water partition coefficient (Wildman–Crippen LogP) is -0.614. The standard InChI is InChI=1S/C16H15N7O3/c17-15(25)14(24)11(5-10-6-20-21-7-10)22-16(26)12-8-18-9-23(12)13-3-1-2-4-19-13/h1-4,6-9,11H,5H2,(H2,17,25)(H,20,21)(H,22,26). The lowest BCUT2D eigenvalue weighted by Crippen LogP contribution is -2.47. The van der Waals surface area contributed by atoms with E-state index in [1.54, 1.807) is 30.6 Å². The Balaban J connectivity index is 1.83. The van der Waals surface area contributed by atoms with Crippen LogP contribution in [0.2, 0.25) is 0 Å². The highest BCUT2D eigenvalue weighted by Gasteiger charge is 2.27. The Morgan fingerprint density at radius 1 is 1.27 bits per heavy atom. The summed E-state index contributed by atoms with van der Waals surface area (Å²) >= 11 is 0. The first-order valence-electron chi connectivity index (χ1n) is 7.62. The van der Waals surface area contributed by atoms with E-state index in [1.165, 1.54) is 23.3 Å². The van der Waals surface area contributed by atoms with Crippen molar-refractivity contribution in [1.29, 1.82) is 0 Å². The van der Waals surface area contributed by atoms with E-state index in [0.29, 0.717) is 11.4 Å². The second kappa shape index (κ2) is 7.38. The summed E-state index contributed by atoms with van der Waals surface area (Å²) in [4.78, 5) is 44.1. The first-order chi connectivity index (χ1) is 12.6. The molecule has 3 heterocycles. The van der Waals surface area contributed by atoms with Gasteiger partial charge in [-0.05, 0) is 17.7 Å². The minimum absolute atomic E-state index is 0.0712. The van der Waals surface area contributed by atoms with Gasteiger partial charge in [0.05, 0.1) is 12.4 Å². The molecule has 0 aromatic carbocycles. The van der Waals surface area contributed by atoms with Crippen LogP contribution in [0, 0.1) is 0 Å². The lowest BCUT2D eigenvalue weighted by molar-refractivity contribution is -0.137. The highest BCUT2D eigenvalue weighted by Crippen LogP contribution is 2.09. The number of hydrogen-bond acceptors (Lipinski definition) is 6. The number of H-pyrrole nitrogens is 1. The molecule has 3 aromatic rings. The molecule has 0 bridgehead atoms. The van der Waals surface area contributed by atoms with Crippen molar-refractivity contribution >= 4 is 17.6 Å². The van der Waals surface area contributed by atoms with Crippen LogP contribution in [0.4, 0.5) is 0 Å². The molecule has 3 rings (SSSR count). The number of nitrogens with two attached hydrogens (primary N) is 1. The van der Waals surface area contributed by atoms with Crippen LogP contribution in [0.1, 0.15) is 16.1 Å². The van der Waals surface area contributed by atoms with Gasteiger partial charge in [-0.2, -0.15) is 5.10 Å². The molecule has 3 aromatic heterocycles. The molecule has 0 fully saturated rings. The van der Waals surface area contributed by atoms with Crippen LogP contribution in [0.5, 0.6) is 0 Å². The number of hydrogen-bond donors (Lipinski definition) is 3. The average molecular weight is 353 g/mol. The number of carbonyl (C=O) groups excluding carboxylic acids is 3. The summed E-state index contributed by atoms with van der Waals surface area (Å²) in [6.45, 7) is 0. The van der Waals surface area contributed by atoms with Gasteiger partial charge in [0.25, 0.3) is 11.8 Å². The van der Waals surface area contributed by atoms with Gasteiger partial charge in [-0.15, -0.1) is 0 Å². The van der Waals surface area contributed by atoms with Crippen LogP contribution in [0.15, 0.2) is 49.3 Å². The van der Waals surface area contributed by atoms with E-state index in [1.807, 2.05) is 0 Å². The fourth-order valence-electron chi connectivity index (χ4n) is 2.38. The lowest BCUT2D eigenvalue weighted by Gasteiger charge is -2.16. The molecule has 0 saturated heterocycles. The number of Topliss-reactive ketones (excluding diaryl/α,β-unsaturated/α-hetero) is 1. The van der Waals surface area contributed by atoms with Crippen molar-refractivity contribution in [3.05, 3.63) is 60.6 Å². The second-order valence-electron chi connectivity index (χ2n) is 5.40. The van der Waals surface area contributed by atoms with Gasteiger partial charge in [0.1, 0.15) is 23.9 Å². The number of imidazole rings is 1. The van der Waals surface area contributed by atoms with Crippen LogP contribution >= 0.6 is 0 Å². The Hall–Kier alpha value is -3.82. The summed E-state index contributed by atoms with van der Waals surface area (Å²) in [5, 5.41) is 8.91. The van der Waals surface area contributed by atoms with Gasteiger partial charge < -0.3 is 11.1 Å². The average Bonchev–Trinajstić information content (AvgIpc) is 3.32. The molecule has 1 unspecified atom stereocenters. The number of carbonyl (C=O) groups is 3. The van der Waals surface area contributed by atoms with Gasteiger partial charge in [0.15, 0.2) is 0 Å². The molecule has 26 heavy (non-hydrogen) atoms. The van der Waals surface area contributed by atoms with E-state index >= 15 is 0 Å². The van der Waals surface area contributed by atoms with Crippen molar-refractivity contribution in [3.8, 4) is 5.82 Å². The Morgan fingerprint density at radius 3 is 2.77 bits per heavy atom. The van der Waals surface area contributed by atoms with Gasteiger partial charge in [-0.3, -0.25) is 24.0 Å². The van der Waals surface area contributed by atoms with E-state index < -0.39 is 23.6 Å². The molecule has 0 aliphatic heterocycles. The largest absolute Gasteiger partial charge is 0.363 e. The van der Waals surface area contributed by atoms with Crippen LogP contribution in [0.25, 0.3) is 5.82 Å². The number of pyridine rings is 1. The highest BCUT2D eigenvalue weighted by molar-refractivity contribution is 6.38. The molecular formula is C16H15N7O3. The molecule has 4 N–H and O–H groups in total. The Morgan fingerprint density at radius 2 is 2.12 bits per heavy atom. The predicted molar refractivity (Wildman–Crippen MR) is 89.1 cm³/mol. The summed E-state index contributed by atoms with van der Waals surface area (Å²) < 4.78 is 1.47. The van der Waals surface area contributed by atoms with E-state index in [-0.39, 0.29) is 12.1 Å². The quantitative estimate of drug-likeness (QED) is 0.482. The molecule has 0 saturated carbocycles. The highest BCUT2D eigenvalue weighted by atomic mass is 16.2. The lowest BCUT2D eigenvalue weighted by atomic mass is 10.0. The molecule has 10 heteroatoms. The third-order valence-electron chi connectivity index (χ3n) is 3.63. The van der Waals surface area contributed by atoms with Crippen molar-refractivity contribution in [1.82, 2.24) is 30.0 Å². The van der Waals surface area contributed by atoms with Gasteiger partial charge >= 0.3 is 0 Å². The maximum atomic E-state index is 12.6. The summed E-state index contributed by atoms with van der Waals surface area (Å²) in [5.41, 5.74) is 5.90. The zero-order chi connectivity index (χ0) is 18.5. The van der Waals surface area contributed by atoms with Crippen molar-refractivity contribution in [3.63, 3.8) is 0 Å². The normalized spacial score (nSPS) is 11.7. The van der Waals surface area contributed by atoms with E-state index in [2.05, 4.69) is 25.5 Å². The fraction of sp³-hybridized carbons (Fsp3) is 0.125. The SMILES string of the molecule is NC(=O)C(=O)C(Cc1cn[nH]c1)NC(=O)c1cncn1-c1ccccn1. The Bertz CT molecular complexity index is 918. The van der Waals surface area contributed by atoms with Gasteiger partial charge in [0, 0.05) is 18.8 Å². The third-order valence-corrected chi connectivity index (χ3v) is 3.63. The number of aromatic nitrogens is 5. The van der Waals surface area contributed by atoms with Crippen molar-refractivity contribution in [2.45, 2.75) is 12.5 Å². The van der Waals surface area contributed by atoms with Crippen LogP contribution in [-0.4, -0.2) is 48.4 Å². The van der Waals surface area contributed by atoms with E-state index in [4.69, 9.17) is 5.73 Å². The molecule has 10 nitrogen and oxygen atoms in total. The zero-order valence-electron chi connectivity index (χ0n) is 13.5. The van der Waals surface area contributed by atoms with Crippen molar-refractivity contribution < 1.29 is 14.4 Å². The third kappa shape index (κ3) is 3.64. The molecule has 0 spiro atoms. The summed E-state index contributed by atoms with van der Waals surface area (Å²) in [6.07, 6.45) is 7.47. The number of ketones is 1. The number of aromatic amines is 1. The molecule has 0 aliphatic carbocycles. The van der Waals surface area contributed by atoms with Gasteiger partial charge in [0.2, 0.25) is 5.78 Å². The first-order valence-corrected chi connectivity index (χ1v) is 7.62. The summed E-state index contributed by atoms with van der Waals surface area (Å²) in [5.74, 6) is -2.13. The monoisotopic (exact) mass is 353 g/mol. The molecule has 2 amide bonds. The zero-order valence-corrected chi connectivity index (χ0v) is 13.5. The molecular weight excluding hydrogens is 338 g/mol. The number of rotatable bonds is 7. The number of amides is 2. The van der Waals surface area contributed by atoms with Crippen LogP contribution < -0.4 is 11.1 Å². The maximum Gasteiger partial charge on any atom is 0.287 e. The minimum atomic E-state index is -1.13. The number of nitrogens with zero attached hydrogens (tertiary/aromatic N) is 4. The molecule has 1 atom stereocenters.